The molecule has 0 unspecified atom stereocenters. The number of ether oxygens (including phenoxy) is 1. The highest BCUT2D eigenvalue weighted by atomic mass is 16.5. The van der Waals surface area contributed by atoms with Gasteiger partial charge < -0.3 is 4.74 Å². The summed E-state index contributed by atoms with van der Waals surface area (Å²) in [6.45, 7) is 8.67. The van der Waals surface area contributed by atoms with Crippen LogP contribution in [0.2, 0.25) is 0 Å². The van der Waals surface area contributed by atoms with Crippen molar-refractivity contribution in [1.82, 2.24) is 0 Å². The van der Waals surface area contributed by atoms with Gasteiger partial charge in [-0.3, -0.25) is 0 Å². The molecule has 1 nitrogen and oxygen atoms in total. The van der Waals surface area contributed by atoms with Gasteiger partial charge >= 0.3 is 0 Å². The van der Waals surface area contributed by atoms with Crippen LogP contribution in [0.1, 0.15) is 24.5 Å². The molecule has 0 saturated heterocycles. The molecule has 0 spiro atoms. The summed E-state index contributed by atoms with van der Waals surface area (Å²) >= 11 is 0. The average Bonchev–Trinajstić information content (AvgIpc) is 2.15. The summed E-state index contributed by atoms with van der Waals surface area (Å²) in [6, 6.07) is 8.56. The van der Waals surface area contributed by atoms with Crippen LogP contribution in [-0.4, -0.2) is 6.61 Å². The van der Waals surface area contributed by atoms with E-state index in [1.807, 2.05) is 6.92 Å². The van der Waals surface area contributed by atoms with E-state index in [0.717, 1.165) is 18.6 Å². The van der Waals surface area contributed by atoms with Crippen LogP contribution in [0.4, 0.5) is 0 Å². The van der Waals surface area contributed by atoms with Crippen molar-refractivity contribution < 1.29 is 4.74 Å². The van der Waals surface area contributed by atoms with E-state index in [-0.39, 0.29) is 0 Å². The lowest BCUT2D eigenvalue weighted by atomic mass is 10.1. The molecule has 0 heterocycles. The quantitative estimate of drug-likeness (QED) is 0.646. The summed E-state index contributed by atoms with van der Waals surface area (Å²) in [7, 11) is 0. The molecule has 0 bridgehead atoms. The fraction of sp³-hybridized carbons (Fsp3) is 0.385. The lowest BCUT2D eigenvalue weighted by Gasteiger charge is -2.06. The number of hydrogen-bond acceptors (Lipinski definition) is 1. The Morgan fingerprint density at radius 3 is 2.86 bits per heavy atom. The van der Waals surface area contributed by atoms with Gasteiger partial charge in [-0.1, -0.05) is 36.4 Å². The number of benzene rings is 1. The van der Waals surface area contributed by atoms with E-state index in [0.29, 0.717) is 6.61 Å². The Hall–Kier alpha value is -1.24. The zero-order valence-corrected chi connectivity index (χ0v) is 9.05. The fourth-order valence-corrected chi connectivity index (χ4v) is 1.43. The Kier molecular flexibility index (Phi) is 4.24. The van der Waals surface area contributed by atoms with Crippen molar-refractivity contribution in [1.29, 1.82) is 0 Å². The summed E-state index contributed by atoms with van der Waals surface area (Å²) in [5, 5.41) is 0. The maximum absolute atomic E-state index is 5.30. The van der Waals surface area contributed by atoms with Crippen LogP contribution in [0, 0.1) is 6.92 Å². The van der Waals surface area contributed by atoms with Crippen LogP contribution < -0.4 is 0 Å². The van der Waals surface area contributed by atoms with Crippen LogP contribution >= 0.6 is 0 Å². The molecule has 14 heavy (non-hydrogen) atoms. The molecule has 76 valence electrons. The van der Waals surface area contributed by atoms with Gasteiger partial charge in [0.2, 0.25) is 0 Å². The Morgan fingerprint density at radius 1 is 1.43 bits per heavy atom. The number of rotatable bonds is 5. The first-order chi connectivity index (χ1) is 6.72. The highest BCUT2D eigenvalue weighted by Gasteiger charge is 1.96. The standard InChI is InChI=1S/C13H18O/c1-4-14-12(3)8-9-13-7-5-6-11(2)10-13/h5-7,10H,3-4,8-9H2,1-2H3. The highest BCUT2D eigenvalue weighted by molar-refractivity contribution is 5.22. The van der Waals surface area contributed by atoms with Gasteiger partial charge in [0.05, 0.1) is 12.4 Å². The van der Waals surface area contributed by atoms with Crippen LogP contribution in [0.15, 0.2) is 36.6 Å². The Labute approximate surface area is 86.4 Å². The fourth-order valence-electron chi connectivity index (χ4n) is 1.43. The van der Waals surface area contributed by atoms with Gasteiger partial charge in [-0.05, 0) is 25.8 Å². The summed E-state index contributed by atoms with van der Waals surface area (Å²) < 4.78 is 5.30. The Bertz CT molecular complexity index is 302. The van der Waals surface area contributed by atoms with E-state index in [4.69, 9.17) is 4.74 Å². The summed E-state index contributed by atoms with van der Waals surface area (Å²) in [4.78, 5) is 0. The first-order valence-electron chi connectivity index (χ1n) is 5.08. The van der Waals surface area contributed by atoms with Gasteiger partial charge in [-0.25, -0.2) is 0 Å². The molecule has 1 rings (SSSR count). The molecule has 1 aromatic carbocycles. The third-order valence-electron chi connectivity index (χ3n) is 2.12. The van der Waals surface area contributed by atoms with E-state index in [1.165, 1.54) is 11.1 Å². The molecule has 0 aliphatic rings. The molecule has 0 N–H and O–H groups in total. The summed E-state index contributed by atoms with van der Waals surface area (Å²) in [5.74, 6) is 0.883. The smallest absolute Gasteiger partial charge is 0.0891 e. The summed E-state index contributed by atoms with van der Waals surface area (Å²) in [5.41, 5.74) is 2.66. The van der Waals surface area contributed by atoms with Crippen molar-refractivity contribution in [2.45, 2.75) is 26.7 Å². The van der Waals surface area contributed by atoms with Crippen molar-refractivity contribution in [2.24, 2.45) is 0 Å². The normalized spacial score (nSPS) is 9.86. The number of allylic oxidation sites excluding steroid dienone is 1. The van der Waals surface area contributed by atoms with E-state index < -0.39 is 0 Å². The van der Waals surface area contributed by atoms with Crippen molar-refractivity contribution >= 4 is 0 Å². The molecular formula is C13H18O. The van der Waals surface area contributed by atoms with Gasteiger partial charge in [0.15, 0.2) is 0 Å². The molecule has 0 atom stereocenters. The molecule has 0 amide bonds. The Balaban J connectivity index is 2.41. The molecular weight excluding hydrogens is 172 g/mol. The van der Waals surface area contributed by atoms with Crippen LogP contribution in [-0.2, 0) is 11.2 Å². The van der Waals surface area contributed by atoms with Gasteiger partial charge in [-0.2, -0.15) is 0 Å². The predicted molar refractivity (Wildman–Crippen MR) is 60.3 cm³/mol. The maximum atomic E-state index is 5.30. The van der Waals surface area contributed by atoms with E-state index in [2.05, 4.69) is 37.8 Å². The second-order valence-corrected chi connectivity index (χ2v) is 3.46. The van der Waals surface area contributed by atoms with Crippen molar-refractivity contribution in [3.8, 4) is 0 Å². The molecule has 0 aromatic heterocycles. The average molecular weight is 190 g/mol. The van der Waals surface area contributed by atoms with Crippen molar-refractivity contribution in [3.63, 3.8) is 0 Å². The lowest BCUT2D eigenvalue weighted by Crippen LogP contribution is -1.93. The van der Waals surface area contributed by atoms with Gasteiger partial charge in [0.1, 0.15) is 0 Å². The zero-order chi connectivity index (χ0) is 10.4. The molecule has 0 saturated carbocycles. The molecule has 0 aliphatic heterocycles. The second-order valence-electron chi connectivity index (χ2n) is 3.46. The summed E-state index contributed by atoms with van der Waals surface area (Å²) in [6.07, 6.45) is 1.93. The predicted octanol–water partition coefficient (Wildman–Crippen LogP) is 3.48. The van der Waals surface area contributed by atoms with E-state index in [9.17, 15) is 0 Å². The minimum absolute atomic E-state index is 0.715. The zero-order valence-electron chi connectivity index (χ0n) is 9.05. The third-order valence-corrected chi connectivity index (χ3v) is 2.12. The van der Waals surface area contributed by atoms with Crippen molar-refractivity contribution in [2.75, 3.05) is 6.61 Å². The first-order valence-corrected chi connectivity index (χ1v) is 5.08. The first kappa shape index (κ1) is 10.8. The monoisotopic (exact) mass is 190 g/mol. The van der Waals surface area contributed by atoms with Crippen molar-refractivity contribution in [3.05, 3.63) is 47.7 Å². The molecule has 0 radical (unpaired) electrons. The van der Waals surface area contributed by atoms with E-state index in [1.54, 1.807) is 0 Å². The molecule has 1 aromatic rings. The van der Waals surface area contributed by atoms with Gasteiger partial charge in [0.25, 0.3) is 0 Å². The molecule has 0 fully saturated rings. The minimum atomic E-state index is 0.715. The number of hydrogen-bond donors (Lipinski definition) is 0. The van der Waals surface area contributed by atoms with Crippen LogP contribution in [0.5, 0.6) is 0 Å². The molecule has 0 aliphatic carbocycles. The van der Waals surface area contributed by atoms with Gasteiger partial charge in [-0.15, -0.1) is 0 Å². The Morgan fingerprint density at radius 2 is 2.21 bits per heavy atom. The molecule has 1 heteroatoms. The maximum Gasteiger partial charge on any atom is 0.0891 e. The lowest BCUT2D eigenvalue weighted by molar-refractivity contribution is 0.220. The SMILES string of the molecule is C=C(CCc1cccc(C)c1)OCC. The minimum Gasteiger partial charge on any atom is -0.499 e. The topological polar surface area (TPSA) is 9.23 Å². The second kappa shape index (κ2) is 5.48. The largest absolute Gasteiger partial charge is 0.499 e. The highest BCUT2D eigenvalue weighted by Crippen LogP contribution is 2.10. The number of aryl methyl sites for hydroxylation is 2. The van der Waals surface area contributed by atoms with Crippen LogP contribution in [0.3, 0.4) is 0 Å². The van der Waals surface area contributed by atoms with Gasteiger partial charge in [0, 0.05) is 6.42 Å². The third kappa shape index (κ3) is 3.65. The van der Waals surface area contributed by atoms with E-state index >= 15 is 0 Å². The van der Waals surface area contributed by atoms with Crippen LogP contribution in [0.25, 0.3) is 0 Å².